The second kappa shape index (κ2) is 5.22. The number of carbonyl (C=O) groups is 1. The number of rotatable bonds is 3. The molecule has 19 heavy (non-hydrogen) atoms. The number of hydrogen-bond acceptors (Lipinski definition) is 3. The van der Waals surface area contributed by atoms with Crippen LogP contribution in [-0.2, 0) is 0 Å². The van der Waals surface area contributed by atoms with E-state index < -0.39 is 0 Å². The second-order valence-electron chi connectivity index (χ2n) is 4.77. The summed E-state index contributed by atoms with van der Waals surface area (Å²) >= 11 is 0. The van der Waals surface area contributed by atoms with Gasteiger partial charge >= 0.3 is 0 Å². The minimum atomic E-state index is -0.164. The Bertz CT molecular complexity index is 603. The first-order valence-electron chi connectivity index (χ1n) is 6.23. The van der Waals surface area contributed by atoms with Crippen LogP contribution in [0.2, 0.25) is 0 Å². The topological polar surface area (TPSA) is 70.7 Å². The number of imidazole rings is 1. The largest absolute Gasteiger partial charge is 0.344 e. The molecule has 0 bridgehead atoms. The molecule has 0 saturated heterocycles. The molecule has 0 radical (unpaired) electrons. The Balaban J connectivity index is 2.10. The van der Waals surface area contributed by atoms with Crippen LogP contribution in [0.1, 0.15) is 46.1 Å². The van der Waals surface area contributed by atoms with Gasteiger partial charge < -0.3 is 10.3 Å². The number of hydrogen-bond donors (Lipinski definition) is 2. The van der Waals surface area contributed by atoms with Crippen molar-refractivity contribution in [2.45, 2.75) is 33.7 Å². The summed E-state index contributed by atoms with van der Waals surface area (Å²) in [6.45, 7) is 7.69. The number of H-pyrrole nitrogens is 1. The lowest BCUT2D eigenvalue weighted by atomic mass is 10.1. The van der Waals surface area contributed by atoms with E-state index in [0.29, 0.717) is 5.56 Å². The van der Waals surface area contributed by atoms with Crippen LogP contribution in [0, 0.1) is 20.8 Å². The fourth-order valence-corrected chi connectivity index (χ4v) is 1.77. The standard InChI is InChI=1S/C14H18N4O/c1-8-5-12(7-15-10(8)3)14(19)18-11(4)13-16-6-9(2)17-13/h5-7,11H,1-4H3,(H,16,17)(H,18,19)/t11-/m1/s1. The van der Waals surface area contributed by atoms with Crippen LogP contribution in [0.25, 0.3) is 0 Å². The molecule has 5 nitrogen and oxygen atoms in total. The molecule has 2 rings (SSSR count). The highest BCUT2D eigenvalue weighted by Gasteiger charge is 2.14. The summed E-state index contributed by atoms with van der Waals surface area (Å²) in [4.78, 5) is 23.6. The third-order valence-corrected chi connectivity index (χ3v) is 3.08. The first-order chi connectivity index (χ1) is 8.97. The van der Waals surface area contributed by atoms with Gasteiger partial charge in [-0.3, -0.25) is 9.78 Å². The minimum Gasteiger partial charge on any atom is -0.344 e. The number of pyridine rings is 1. The molecule has 0 saturated carbocycles. The third kappa shape index (κ3) is 2.99. The van der Waals surface area contributed by atoms with Gasteiger partial charge in [-0.15, -0.1) is 0 Å². The zero-order valence-electron chi connectivity index (χ0n) is 11.6. The van der Waals surface area contributed by atoms with E-state index in [1.54, 1.807) is 12.4 Å². The maximum absolute atomic E-state index is 12.1. The highest BCUT2D eigenvalue weighted by molar-refractivity contribution is 5.94. The Labute approximate surface area is 112 Å². The van der Waals surface area contributed by atoms with Gasteiger partial charge in [0, 0.05) is 23.8 Å². The Kier molecular flexibility index (Phi) is 3.64. The van der Waals surface area contributed by atoms with E-state index in [9.17, 15) is 4.79 Å². The van der Waals surface area contributed by atoms with Gasteiger partial charge in [-0.1, -0.05) is 0 Å². The zero-order valence-corrected chi connectivity index (χ0v) is 11.6. The number of aromatic amines is 1. The molecule has 0 aliphatic heterocycles. The highest BCUT2D eigenvalue weighted by atomic mass is 16.1. The van der Waals surface area contributed by atoms with Crippen LogP contribution in [0.15, 0.2) is 18.5 Å². The summed E-state index contributed by atoms with van der Waals surface area (Å²) in [5.74, 6) is 0.611. The SMILES string of the molecule is Cc1cnc([C@@H](C)NC(=O)c2cnc(C)c(C)c2)[nH]1. The van der Waals surface area contributed by atoms with E-state index >= 15 is 0 Å². The van der Waals surface area contributed by atoms with Gasteiger partial charge in [0.1, 0.15) is 5.82 Å². The van der Waals surface area contributed by atoms with Crippen LogP contribution >= 0.6 is 0 Å². The van der Waals surface area contributed by atoms with Crippen molar-refractivity contribution in [2.24, 2.45) is 0 Å². The second-order valence-corrected chi connectivity index (χ2v) is 4.77. The number of nitrogens with zero attached hydrogens (tertiary/aromatic N) is 2. The smallest absolute Gasteiger partial charge is 0.253 e. The Morgan fingerprint density at radius 1 is 1.26 bits per heavy atom. The van der Waals surface area contributed by atoms with Crippen molar-refractivity contribution in [3.8, 4) is 0 Å². The molecular weight excluding hydrogens is 240 g/mol. The molecule has 0 fully saturated rings. The van der Waals surface area contributed by atoms with E-state index in [0.717, 1.165) is 22.8 Å². The van der Waals surface area contributed by atoms with Crippen LogP contribution in [0.5, 0.6) is 0 Å². The van der Waals surface area contributed by atoms with Gasteiger partial charge in [-0.2, -0.15) is 0 Å². The molecule has 5 heteroatoms. The molecule has 0 unspecified atom stereocenters. The monoisotopic (exact) mass is 258 g/mol. The van der Waals surface area contributed by atoms with Crippen molar-refractivity contribution in [1.82, 2.24) is 20.3 Å². The van der Waals surface area contributed by atoms with Crippen LogP contribution in [0.3, 0.4) is 0 Å². The number of amides is 1. The predicted octanol–water partition coefficient (Wildman–Crippen LogP) is 2.22. The number of carbonyl (C=O) groups excluding carboxylic acids is 1. The molecule has 2 aromatic rings. The Morgan fingerprint density at radius 3 is 2.58 bits per heavy atom. The van der Waals surface area contributed by atoms with Gasteiger partial charge in [0.2, 0.25) is 0 Å². The Morgan fingerprint density at radius 2 is 2.00 bits per heavy atom. The van der Waals surface area contributed by atoms with Crippen molar-refractivity contribution >= 4 is 5.91 Å². The molecule has 1 atom stereocenters. The summed E-state index contributed by atoms with van der Waals surface area (Å²) in [5.41, 5.74) is 3.49. The van der Waals surface area contributed by atoms with E-state index in [4.69, 9.17) is 0 Å². The summed E-state index contributed by atoms with van der Waals surface area (Å²) < 4.78 is 0. The first kappa shape index (κ1) is 13.3. The molecule has 0 aliphatic rings. The quantitative estimate of drug-likeness (QED) is 0.886. The maximum atomic E-state index is 12.1. The summed E-state index contributed by atoms with van der Waals surface area (Å²) in [5, 5.41) is 2.90. The number of aromatic nitrogens is 3. The molecule has 0 aromatic carbocycles. The predicted molar refractivity (Wildman–Crippen MR) is 72.9 cm³/mol. The van der Waals surface area contributed by atoms with Gasteiger partial charge in [0.25, 0.3) is 5.91 Å². The molecule has 2 aromatic heterocycles. The van der Waals surface area contributed by atoms with Crippen molar-refractivity contribution in [1.29, 1.82) is 0 Å². The van der Waals surface area contributed by atoms with Crippen molar-refractivity contribution in [3.63, 3.8) is 0 Å². The van der Waals surface area contributed by atoms with E-state index in [2.05, 4.69) is 20.3 Å². The molecule has 0 aliphatic carbocycles. The fourth-order valence-electron chi connectivity index (χ4n) is 1.77. The highest BCUT2D eigenvalue weighted by Crippen LogP contribution is 2.11. The van der Waals surface area contributed by atoms with Crippen LogP contribution in [0.4, 0.5) is 0 Å². The number of nitrogens with one attached hydrogen (secondary N) is 2. The normalized spacial score (nSPS) is 12.2. The molecule has 1 amide bonds. The first-order valence-corrected chi connectivity index (χ1v) is 6.23. The average Bonchev–Trinajstić information content (AvgIpc) is 2.79. The number of aryl methyl sites for hydroxylation is 3. The lowest BCUT2D eigenvalue weighted by Gasteiger charge is -2.12. The zero-order chi connectivity index (χ0) is 14.0. The maximum Gasteiger partial charge on any atom is 0.253 e. The summed E-state index contributed by atoms with van der Waals surface area (Å²) in [6, 6.07) is 1.68. The molecule has 0 spiro atoms. The molecular formula is C14H18N4O. The molecule has 100 valence electrons. The molecule has 2 heterocycles. The van der Waals surface area contributed by atoms with Crippen molar-refractivity contribution in [3.05, 3.63) is 46.8 Å². The van der Waals surface area contributed by atoms with Gasteiger partial charge in [0.05, 0.1) is 11.6 Å². The van der Waals surface area contributed by atoms with E-state index in [-0.39, 0.29) is 11.9 Å². The summed E-state index contributed by atoms with van der Waals surface area (Å²) in [6.07, 6.45) is 3.34. The lowest BCUT2D eigenvalue weighted by molar-refractivity contribution is 0.0938. The van der Waals surface area contributed by atoms with Crippen LogP contribution < -0.4 is 5.32 Å². The van der Waals surface area contributed by atoms with Gasteiger partial charge in [-0.25, -0.2) is 4.98 Å². The lowest BCUT2D eigenvalue weighted by Crippen LogP contribution is -2.27. The third-order valence-electron chi connectivity index (χ3n) is 3.08. The van der Waals surface area contributed by atoms with Crippen molar-refractivity contribution in [2.75, 3.05) is 0 Å². The molecule has 2 N–H and O–H groups in total. The van der Waals surface area contributed by atoms with Gasteiger partial charge in [0.15, 0.2) is 0 Å². The van der Waals surface area contributed by atoms with E-state index in [1.807, 2.05) is 33.8 Å². The van der Waals surface area contributed by atoms with Crippen LogP contribution in [-0.4, -0.2) is 20.9 Å². The summed E-state index contributed by atoms with van der Waals surface area (Å²) in [7, 11) is 0. The van der Waals surface area contributed by atoms with Crippen molar-refractivity contribution < 1.29 is 4.79 Å². The average molecular weight is 258 g/mol. The Hall–Kier alpha value is -2.17. The fraction of sp³-hybridized carbons (Fsp3) is 0.357. The minimum absolute atomic E-state index is 0.142. The van der Waals surface area contributed by atoms with E-state index in [1.165, 1.54) is 0 Å². The van der Waals surface area contributed by atoms with Gasteiger partial charge in [-0.05, 0) is 39.3 Å².